The predicted octanol–water partition coefficient (Wildman–Crippen LogP) is 4.59. The van der Waals surface area contributed by atoms with Gasteiger partial charge in [-0.3, -0.25) is 4.79 Å². The normalized spacial score (nSPS) is 34.9. The van der Waals surface area contributed by atoms with E-state index in [-0.39, 0.29) is 11.7 Å². The lowest BCUT2D eigenvalue weighted by atomic mass is 9.79. The number of nitrogens with one attached hydrogen (secondary N) is 1. The van der Waals surface area contributed by atoms with Crippen molar-refractivity contribution in [3.8, 4) is 0 Å². The van der Waals surface area contributed by atoms with Gasteiger partial charge in [-0.05, 0) is 67.6 Å². The van der Waals surface area contributed by atoms with Crippen LogP contribution in [0.2, 0.25) is 0 Å². The number of benzene rings is 1. The van der Waals surface area contributed by atoms with Crippen LogP contribution in [0.15, 0.2) is 24.3 Å². The van der Waals surface area contributed by atoms with E-state index in [1.807, 2.05) is 6.07 Å². The highest BCUT2D eigenvalue weighted by Gasteiger charge is 2.54. The van der Waals surface area contributed by atoms with Gasteiger partial charge in [-0.15, -0.1) is 11.3 Å². The van der Waals surface area contributed by atoms with Crippen molar-refractivity contribution in [3.63, 3.8) is 0 Å². The lowest BCUT2D eigenvalue weighted by Gasteiger charge is -2.31. The second kappa shape index (κ2) is 5.04. The monoisotopic (exact) mass is 329 g/mol. The molecule has 1 aromatic carbocycles. The molecular weight excluding hydrogens is 309 g/mol. The minimum atomic E-state index is -0.244. The van der Waals surface area contributed by atoms with Crippen LogP contribution in [0.1, 0.15) is 41.8 Å². The Morgan fingerprint density at radius 2 is 2.04 bits per heavy atom. The summed E-state index contributed by atoms with van der Waals surface area (Å²) in [5.74, 6) is 3.04. The molecule has 1 heterocycles. The molecule has 1 aromatic heterocycles. The SMILES string of the molecule is O=C(NC1CC2CC1C1CCCC21)c1cc2c(F)cccc2s1. The van der Waals surface area contributed by atoms with Gasteiger partial charge in [0.1, 0.15) is 5.82 Å². The fraction of sp³-hybridized carbons (Fsp3) is 0.526. The minimum Gasteiger partial charge on any atom is -0.348 e. The maximum Gasteiger partial charge on any atom is 0.261 e. The molecule has 3 aliphatic rings. The van der Waals surface area contributed by atoms with E-state index < -0.39 is 0 Å². The van der Waals surface area contributed by atoms with Crippen LogP contribution in [0, 0.1) is 29.5 Å². The Bertz CT molecular complexity index is 785. The Morgan fingerprint density at radius 3 is 2.91 bits per heavy atom. The summed E-state index contributed by atoms with van der Waals surface area (Å²) in [5, 5.41) is 3.83. The van der Waals surface area contributed by atoms with Crippen LogP contribution in [-0.2, 0) is 0 Å². The summed E-state index contributed by atoms with van der Waals surface area (Å²) in [7, 11) is 0. The molecule has 2 aromatic rings. The molecule has 1 N–H and O–H groups in total. The highest BCUT2D eigenvalue weighted by molar-refractivity contribution is 7.20. The van der Waals surface area contributed by atoms with Gasteiger partial charge in [-0.25, -0.2) is 4.39 Å². The fourth-order valence-corrected chi connectivity index (χ4v) is 6.59. The number of thiophene rings is 1. The zero-order valence-corrected chi connectivity index (χ0v) is 13.7. The zero-order chi connectivity index (χ0) is 15.6. The van der Waals surface area contributed by atoms with Crippen molar-refractivity contribution in [2.45, 2.75) is 38.1 Å². The summed E-state index contributed by atoms with van der Waals surface area (Å²) in [6.07, 6.45) is 6.59. The molecule has 3 fully saturated rings. The van der Waals surface area contributed by atoms with E-state index in [0.29, 0.717) is 22.2 Å². The summed E-state index contributed by atoms with van der Waals surface area (Å²) in [4.78, 5) is 13.3. The number of halogens is 1. The number of rotatable bonds is 2. The van der Waals surface area contributed by atoms with Crippen LogP contribution >= 0.6 is 11.3 Å². The van der Waals surface area contributed by atoms with Gasteiger partial charge < -0.3 is 5.32 Å². The van der Waals surface area contributed by atoms with E-state index >= 15 is 0 Å². The summed E-state index contributed by atoms with van der Waals surface area (Å²) in [6.45, 7) is 0. The molecule has 5 rings (SSSR count). The lowest BCUT2D eigenvalue weighted by Crippen LogP contribution is -2.42. The molecule has 0 spiro atoms. The fourth-order valence-electron chi connectivity index (χ4n) is 5.61. The molecule has 5 atom stereocenters. The van der Waals surface area contributed by atoms with Gasteiger partial charge in [0.25, 0.3) is 5.91 Å². The topological polar surface area (TPSA) is 29.1 Å². The first-order chi connectivity index (χ1) is 11.2. The number of carbonyl (C=O) groups is 1. The summed E-state index contributed by atoms with van der Waals surface area (Å²) in [5.41, 5.74) is 0. The average Bonchev–Trinajstić information content (AvgIpc) is 3.28. The largest absolute Gasteiger partial charge is 0.348 e. The van der Waals surface area contributed by atoms with E-state index in [9.17, 15) is 9.18 Å². The van der Waals surface area contributed by atoms with E-state index in [1.165, 1.54) is 43.1 Å². The van der Waals surface area contributed by atoms with Crippen LogP contribution in [0.5, 0.6) is 0 Å². The Kier molecular flexibility index (Phi) is 3.06. The highest BCUT2D eigenvalue weighted by atomic mass is 32.1. The number of fused-ring (bicyclic) bond motifs is 6. The van der Waals surface area contributed by atoms with Crippen molar-refractivity contribution in [1.82, 2.24) is 5.32 Å². The van der Waals surface area contributed by atoms with Crippen LogP contribution < -0.4 is 5.32 Å². The first-order valence-corrected chi connectivity index (χ1v) is 9.51. The third-order valence-electron chi connectivity index (χ3n) is 6.48. The Balaban J connectivity index is 1.36. The first kappa shape index (κ1) is 14.0. The van der Waals surface area contributed by atoms with E-state index in [1.54, 1.807) is 12.1 Å². The minimum absolute atomic E-state index is 0.0160. The smallest absolute Gasteiger partial charge is 0.261 e. The van der Waals surface area contributed by atoms with Crippen LogP contribution in [-0.4, -0.2) is 11.9 Å². The molecule has 5 unspecified atom stereocenters. The van der Waals surface area contributed by atoms with Gasteiger partial charge in [0.2, 0.25) is 0 Å². The Morgan fingerprint density at radius 1 is 1.17 bits per heavy atom. The van der Waals surface area contributed by atoms with Crippen molar-refractivity contribution in [3.05, 3.63) is 35.0 Å². The van der Waals surface area contributed by atoms with E-state index in [4.69, 9.17) is 0 Å². The van der Waals surface area contributed by atoms with Gasteiger partial charge in [-0.2, -0.15) is 0 Å². The van der Waals surface area contributed by atoms with E-state index in [0.717, 1.165) is 28.9 Å². The quantitative estimate of drug-likeness (QED) is 0.857. The van der Waals surface area contributed by atoms with Gasteiger partial charge in [0.15, 0.2) is 0 Å². The molecule has 23 heavy (non-hydrogen) atoms. The van der Waals surface area contributed by atoms with Gasteiger partial charge in [0, 0.05) is 16.1 Å². The lowest BCUT2D eigenvalue weighted by molar-refractivity contribution is 0.0905. The molecule has 2 nitrogen and oxygen atoms in total. The van der Waals surface area contributed by atoms with Crippen LogP contribution in [0.4, 0.5) is 4.39 Å². The molecule has 120 valence electrons. The Hall–Kier alpha value is -1.42. The number of hydrogen-bond donors (Lipinski definition) is 1. The molecule has 3 saturated carbocycles. The first-order valence-electron chi connectivity index (χ1n) is 8.69. The predicted molar refractivity (Wildman–Crippen MR) is 90.1 cm³/mol. The van der Waals surface area contributed by atoms with Crippen molar-refractivity contribution in [2.24, 2.45) is 23.7 Å². The molecule has 4 heteroatoms. The van der Waals surface area contributed by atoms with Crippen molar-refractivity contribution in [1.29, 1.82) is 0 Å². The Labute approximate surface area is 139 Å². The molecule has 1 amide bonds. The molecule has 2 bridgehead atoms. The summed E-state index contributed by atoms with van der Waals surface area (Å²) >= 11 is 1.39. The second-order valence-electron chi connectivity index (χ2n) is 7.50. The molecule has 3 aliphatic carbocycles. The van der Waals surface area contributed by atoms with Crippen molar-refractivity contribution < 1.29 is 9.18 Å². The number of hydrogen-bond acceptors (Lipinski definition) is 2. The van der Waals surface area contributed by atoms with Gasteiger partial charge in [0.05, 0.1) is 4.88 Å². The van der Waals surface area contributed by atoms with E-state index in [2.05, 4.69) is 5.32 Å². The molecular formula is C19H20FNOS. The third kappa shape index (κ3) is 2.07. The van der Waals surface area contributed by atoms with Crippen LogP contribution in [0.3, 0.4) is 0 Å². The molecule has 0 radical (unpaired) electrons. The van der Waals surface area contributed by atoms with Crippen molar-refractivity contribution >= 4 is 27.3 Å². The summed E-state index contributed by atoms with van der Waals surface area (Å²) < 4.78 is 14.7. The van der Waals surface area contributed by atoms with Crippen LogP contribution in [0.25, 0.3) is 10.1 Å². The average molecular weight is 329 g/mol. The third-order valence-corrected chi connectivity index (χ3v) is 7.58. The van der Waals surface area contributed by atoms with Gasteiger partial charge in [-0.1, -0.05) is 12.5 Å². The number of amides is 1. The second-order valence-corrected chi connectivity index (χ2v) is 8.58. The summed E-state index contributed by atoms with van der Waals surface area (Å²) in [6, 6.07) is 7.07. The maximum atomic E-state index is 13.8. The number of carbonyl (C=O) groups excluding carboxylic acids is 1. The maximum absolute atomic E-state index is 13.8. The molecule has 0 saturated heterocycles. The van der Waals surface area contributed by atoms with Crippen molar-refractivity contribution in [2.75, 3.05) is 0 Å². The van der Waals surface area contributed by atoms with Gasteiger partial charge >= 0.3 is 0 Å². The highest BCUT2D eigenvalue weighted by Crippen LogP contribution is 2.58. The standard InChI is InChI=1S/C19H20FNOS/c20-15-5-2-6-17-14(15)9-18(23-17)19(22)21-16-8-10-7-13(16)12-4-1-3-11(10)12/h2,5-6,9-13,16H,1,3-4,7-8H2,(H,21,22). The zero-order valence-electron chi connectivity index (χ0n) is 12.9. The molecule has 0 aliphatic heterocycles.